The Labute approximate surface area is 180 Å². The van der Waals surface area contributed by atoms with Crippen LogP contribution in [0.5, 0.6) is 5.75 Å². The molecule has 4 rings (SSSR count). The molecule has 6 nitrogen and oxygen atoms in total. The minimum absolute atomic E-state index is 0.00254. The molecular formula is C24H24FN3O3. The van der Waals surface area contributed by atoms with E-state index in [1.165, 1.54) is 12.3 Å². The molecule has 1 fully saturated rings. The average Bonchev–Trinajstić information content (AvgIpc) is 3.26. The molecule has 0 spiro atoms. The predicted octanol–water partition coefficient (Wildman–Crippen LogP) is 4.15. The van der Waals surface area contributed by atoms with Crippen molar-refractivity contribution in [1.29, 1.82) is 0 Å². The number of anilines is 1. The Kier molecular flexibility index (Phi) is 6.40. The van der Waals surface area contributed by atoms with Crippen LogP contribution in [0.25, 0.3) is 0 Å². The summed E-state index contributed by atoms with van der Waals surface area (Å²) in [5, 5.41) is 9.56. The van der Waals surface area contributed by atoms with Gasteiger partial charge >= 0.3 is 5.97 Å². The molecule has 1 aromatic heterocycles. The molecule has 3 aromatic rings. The Balaban J connectivity index is 1.50. The number of benzene rings is 2. The molecular weight excluding hydrogens is 397 g/mol. The van der Waals surface area contributed by atoms with Crippen LogP contribution in [0, 0.1) is 5.82 Å². The Morgan fingerprint density at radius 2 is 1.90 bits per heavy atom. The number of halogens is 1. The van der Waals surface area contributed by atoms with Crippen molar-refractivity contribution in [2.24, 2.45) is 0 Å². The number of ether oxygens (including phenoxy) is 1. The molecule has 0 saturated carbocycles. The molecule has 1 unspecified atom stereocenters. The number of carboxylic acids is 1. The number of hydrogen-bond acceptors (Lipinski definition) is 5. The van der Waals surface area contributed by atoms with E-state index in [-0.39, 0.29) is 17.4 Å². The second-order valence-corrected chi connectivity index (χ2v) is 7.55. The number of hydrogen-bond donors (Lipinski definition) is 1. The van der Waals surface area contributed by atoms with Gasteiger partial charge in [0, 0.05) is 12.7 Å². The number of rotatable bonds is 8. The lowest BCUT2D eigenvalue weighted by atomic mass is 10.1. The van der Waals surface area contributed by atoms with Crippen LogP contribution < -0.4 is 9.64 Å². The van der Waals surface area contributed by atoms with Crippen molar-refractivity contribution in [2.45, 2.75) is 31.7 Å². The van der Waals surface area contributed by atoms with Crippen LogP contribution in [0.2, 0.25) is 0 Å². The lowest BCUT2D eigenvalue weighted by Crippen LogP contribution is -2.35. The molecule has 0 aliphatic carbocycles. The van der Waals surface area contributed by atoms with Crippen molar-refractivity contribution in [3.63, 3.8) is 0 Å². The number of aryl methyl sites for hydroxylation is 2. The number of aromatic nitrogens is 2. The Morgan fingerprint density at radius 1 is 1.13 bits per heavy atom. The summed E-state index contributed by atoms with van der Waals surface area (Å²) in [6, 6.07) is 16.2. The van der Waals surface area contributed by atoms with Crippen molar-refractivity contribution in [2.75, 3.05) is 18.1 Å². The minimum atomic E-state index is -1.03. The van der Waals surface area contributed by atoms with Crippen LogP contribution in [0.15, 0.2) is 60.8 Å². The third kappa shape index (κ3) is 4.99. The number of carbonyl (C=O) groups is 1. The summed E-state index contributed by atoms with van der Waals surface area (Å²) in [5.74, 6) is -0.708. The molecule has 160 valence electrons. The highest BCUT2D eigenvalue weighted by atomic mass is 19.1. The SMILES string of the molecule is O=C(O)c1cnc(N2CCCC2COc2ccccc2F)nc1CCc1ccccc1. The fourth-order valence-corrected chi connectivity index (χ4v) is 3.84. The summed E-state index contributed by atoms with van der Waals surface area (Å²) in [6.07, 6.45) is 4.40. The zero-order chi connectivity index (χ0) is 21.6. The van der Waals surface area contributed by atoms with E-state index in [1.807, 2.05) is 35.2 Å². The van der Waals surface area contributed by atoms with Gasteiger partial charge in [-0.2, -0.15) is 0 Å². The Morgan fingerprint density at radius 3 is 2.68 bits per heavy atom. The maximum Gasteiger partial charge on any atom is 0.339 e. The lowest BCUT2D eigenvalue weighted by Gasteiger charge is -2.25. The van der Waals surface area contributed by atoms with Crippen molar-refractivity contribution in [3.05, 3.63) is 83.4 Å². The normalized spacial score (nSPS) is 15.8. The first-order chi connectivity index (χ1) is 15.1. The molecule has 0 amide bonds. The maximum atomic E-state index is 13.9. The van der Waals surface area contributed by atoms with Crippen LogP contribution in [-0.4, -0.2) is 40.2 Å². The van der Waals surface area contributed by atoms with Gasteiger partial charge in [0.2, 0.25) is 5.95 Å². The topological polar surface area (TPSA) is 75.5 Å². The fraction of sp³-hybridized carbons (Fsp3) is 0.292. The lowest BCUT2D eigenvalue weighted by molar-refractivity contribution is 0.0694. The predicted molar refractivity (Wildman–Crippen MR) is 115 cm³/mol. The van der Waals surface area contributed by atoms with Gasteiger partial charge in [-0.15, -0.1) is 0 Å². The molecule has 1 N–H and O–H groups in total. The van der Waals surface area contributed by atoms with Crippen molar-refractivity contribution < 1.29 is 19.0 Å². The van der Waals surface area contributed by atoms with E-state index < -0.39 is 11.8 Å². The summed E-state index contributed by atoms with van der Waals surface area (Å²) in [6.45, 7) is 1.06. The first-order valence-corrected chi connectivity index (χ1v) is 10.4. The molecule has 0 radical (unpaired) electrons. The highest BCUT2D eigenvalue weighted by Gasteiger charge is 2.28. The standard InChI is InChI=1S/C24H24FN3O3/c25-20-10-4-5-11-22(20)31-16-18-9-6-14-28(18)24-26-15-19(23(29)30)21(27-24)13-12-17-7-2-1-3-8-17/h1-5,7-8,10-11,15,18H,6,9,12-14,16H2,(H,29,30). The second-order valence-electron chi connectivity index (χ2n) is 7.55. The van der Waals surface area contributed by atoms with E-state index >= 15 is 0 Å². The van der Waals surface area contributed by atoms with Gasteiger partial charge in [-0.3, -0.25) is 0 Å². The molecule has 1 saturated heterocycles. The van der Waals surface area contributed by atoms with Gasteiger partial charge in [-0.05, 0) is 43.4 Å². The van der Waals surface area contributed by atoms with E-state index in [9.17, 15) is 14.3 Å². The highest BCUT2D eigenvalue weighted by molar-refractivity contribution is 5.88. The van der Waals surface area contributed by atoms with Crippen molar-refractivity contribution in [3.8, 4) is 5.75 Å². The average molecular weight is 421 g/mol. The highest BCUT2D eigenvalue weighted by Crippen LogP contribution is 2.25. The van der Waals surface area contributed by atoms with E-state index in [2.05, 4.69) is 9.97 Å². The zero-order valence-corrected chi connectivity index (χ0v) is 17.1. The third-order valence-corrected chi connectivity index (χ3v) is 5.48. The van der Waals surface area contributed by atoms with Crippen molar-refractivity contribution in [1.82, 2.24) is 9.97 Å². The molecule has 1 aliphatic heterocycles. The maximum absolute atomic E-state index is 13.9. The van der Waals surface area contributed by atoms with Gasteiger partial charge < -0.3 is 14.7 Å². The van der Waals surface area contributed by atoms with Crippen LogP contribution >= 0.6 is 0 Å². The molecule has 31 heavy (non-hydrogen) atoms. The van der Waals surface area contributed by atoms with Crippen LogP contribution in [0.4, 0.5) is 10.3 Å². The quantitative estimate of drug-likeness (QED) is 0.589. The van der Waals surface area contributed by atoms with Gasteiger partial charge in [-0.1, -0.05) is 42.5 Å². The number of carboxylic acid groups (broad SMARTS) is 1. The number of para-hydroxylation sites is 1. The first kappa shape index (κ1) is 20.8. The van der Waals surface area contributed by atoms with Gasteiger partial charge in [0.1, 0.15) is 6.61 Å². The summed E-state index contributed by atoms with van der Waals surface area (Å²) in [5.41, 5.74) is 1.76. The Bertz CT molecular complexity index is 1050. The summed E-state index contributed by atoms with van der Waals surface area (Å²) < 4.78 is 19.6. The van der Waals surface area contributed by atoms with E-state index in [4.69, 9.17) is 4.74 Å². The molecule has 2 heterocycles. The summed E-state index contributed by atoms with van der Waals surface area (Å²) in [4.78, 5) is 22.6. The van der Waals surface area contributed by atoms with Crippen LogP contribution in [0.1, 0.15) is 34.5 Å². The van der Waals surface area contributed by atoms with Crippen LogP contribution in [0.3, 0.4) is 0 Å². The summed E-state index contributed by atoms with van der Waals surface area (Å²) in [7, 11) is 0. The van der Waals surface area contributed by atoms with Crippen LogP contribution in [-0.2, 0) is 12.8 Å². The van der Waals surface area contributed by atoms with Gasteiger partial charge in [0.05, 0.1) is 17.3 Å². The number of nitrogens with zero attached hydrogens (tertiary/aromatic N) is 3. The van der Waals surface area contributed by atoms with Gasteiger partial charge in [0.25, 0.3) is 0 Å². The Hall–Kier alpha value is -3.48. The van der Waals surface area contributed by atoms with Gasteiger partial charge in [0.15, 0.2) is 11.6 Å². The van der Waals surface area contributed by atoms with E-state index in [0.717, 1.165) is 24.9 Å². The molecule has 1 aliphatic rings. The summed E-state index contributed by atoms with van der Waals surface area (Å²) >= 11 is 0. The molecule has 2 aromatic carbocycles. The number of aromatic carboxylic acids is 1. The fourth-order valence-electron chi connectivity index (χ4n) is 3.84. The largest absolute Gasteiger partial charge is 0.488 e. The molecule has 0 bridgehead atoms. The van der Waals surface area contributed by atoms with E-state index in [0.29, 0.717) is 31.1 Å². The smallest absolute Gasteiger partial charge is 0.339 e. The minimum Gasteiger partial charge on any atom is -0.488 e. The third-order valence-electron chi connectivity index (χ3n) is 5.48. The second kappa shape index (κ2) is 9.55. The first-order valence-electron chi connectivity index (χ1n) is 10.4. The molecule has 1 atom stereocenters. The van der Waals surface area contributed by atoms with Crippen molar-refractivity contribution >= 4 is 11.9 Å². The monoisotopic (exact) mass is 421 g/mol. The van der Waals surface area contributed by atoms with E-state index in [1.54, 1.807) is 18.2 Å². The zero-order valence-electron chi connectivity index (χ0n) is 17.1. The van der Waals surface area contributed by atoms with Gasteiger partial charge in [-0.25, -0.2) is 19.2 Å². The molecule has 7 heteroatoms.